The molecule has 0 spiro atoms. The van der Waals surface area contributed by atoms with Crippen molar-refractivity contribution >= 4 is 0 Å². The lowest BCUT2D eigenvalue weighted by Crippen LogP contribution is -2.44. The van der Waals surface area contributed by atoms with Gasteiger partial charge in [-0.2, -0.15) is 0 Å². The molecular formula is C12H21NO2. The number of hydrogen-bond donors (Lipinski definition) is 2. The average Bonchev–Trinajstić information content (AvgIpc) is 2.79. The summed E-state index contributed by atoms with van der Waals surface area (Å²) in [4.78, 5) is 0. The zero-order valence-electron chi connectivity index (χ0n) is 9.24. The maximum Gasteiger partial charge on any atom is 0.0675 e. The van der Waals surface area contributed by atoms with E-state index in [4.69, 9.17) is 4.74 Å². The second kappa shape index (κ2) is 3.72. The summed E-state index contributed by atoms with van der Waals surface area (Å²) in [7, 11) is 0. The van der Waals surface area contributed by atoms with Crippen molar-refractivity contribution in [3.8, 4) is 0 Å². The summed E-state index contributed by atoms with van der Waals surface area (Å²) in [5.41, 5.74) is -0.399. The quantitative estimate of drug-likeness (QED) is 0.717. The third kappa shape index (κ3) is 1.93. The van der Waals surface area contributed by atoms with E-state index < -0.39 is 5.60 Å². The number of ether oxygens (including phenoxy) is 1. The van der Waals surface area contributed by atoms with Gasteiger partial charge in [-0.05, 0) is 57.5 Å². The minimum Gasteiger partial charge on any atom is -0.390 e. The Kier molecular flexibility index (Phi) is 2.49. The second-order valence-electron chi connectivity index (χ2n) is 5.55. The predicted octanol–water partition coefficient (Wildman–Crippen LogP) is 1.06. The summed E-state index contributed by atoms with van der Waals surface area (Å²) < 4.78 is 5.84. The van der Waals surface area contributed by atoms with E-state index in [2.05, 4.69) is 5.32 Å². The molecule has 3 unspecified atom stereocenters. The minimum atomic E-state index is -0.399. The van der Waals surface area contributed by atoms with E-state index in [1.165, 1.54) is 19.3 Å². The fourth-order valence-electron chi connectivity index (χ4n) is 3.54. The molecule has 0 radical (unpaired) electrons. The van der Waals surface area contributed by atoms with Crippen molar-refractivity contribution < 1.29 is 9.84 Å². The van der Waals surface area contributed by atoms with E-state index in [0.29, 0.717) is 18.1 Å². The molecule has 0 aromatic heterocycles. The third-order valence-corrected chi connectivity index (χ3v) is 4.41. The SMILES string of the molecule is OC1(CC2CC3CCC2O3)CCNCC1. The lowest BCUT2D eigenvalue weighted by molar-refractivity contribution is -0.0215. The minimum absolute atomic E-state index is 0.399. The van der Waals surface area contributed by atoms with Crippen LogP contribution in [0.2, 0.25) is 0 Å². The van der Waals surface area contributed by atoms with Gasteiger partial charge in [0, 0.05) is 0 Å². The molecule has 0 aromatic carbocycles. The molecule has 3 saturated heterocycles. The summed E-state index contributed by atoms with van der Waals surface area (Å²) in [5.74, 6) is 0.631. The second-order valence-corrected chi connectivity index (χ2v) is 5.55. The lowest BCUT2D eigenvalue weighted by atomic mass is 9.77. The summed E-state index contributed by atoms with van der Waals surface area (Å²) >= 11 is 0. The molecule has 0 saturated carbocycles. The third-order valence-electron chi connectivity index (χ3n) is 4.41. The molecule has 0 amide bonds. The molecule has 86 valence electrons. The van der Waals surface area contributed by atoms with Crippen LogP contribution in [0.4, 0.5) is 0 Å². The Morgan fingerprint density at radius 2 is 2.07 bits per heavy atom. The standard InChI is InChI=1S/C12H21NO2/c14-12(3-5-13-6-4-12)8-9-7-10-1-2-11(9)15-10/h9-11,13-14H,1-8H2. The van der Waals surface area contributed by atoms with Crippen LogP contribution in [0.1, 0.15) is 38.5 Å². The molecule has 2 bridgehead atoms. The molecule has 15 heavy (non-hydrogen) atoms. The maximum atomic E-state index is 10.5. The van der Waals surface area contributed by atoms with Gasteiger partial charge in [0.25, 0.3) is 0 Å². The van der Waals surface area contributed by atoms with Gasteiger partial charge in [-0.15, -0.1) is 0 Å². The zero-order valence-corrected chi connectivity index (χ0v) is 9.24. The first-order chi connectivity index (χ1) is 7.25. The Bertz CT molecular complexity index is 238. The summed E-state index contributed by atoms with van der Waals surface area (Å²) in [6, 6.07) is 0. The number of aliphatic hydroxyl groups is 1. The smallest absolute Gasteiger partial charge is 0.0675 e. The van der Waals surface area contributed by atoms with Gasteiger partial charge >= 0.3 is 0 Å². The van der Waals surface area contributed by atoms with Gasteiger partial charge < -0.3 is 15.2 Å². The Balaban J connectivity index is 1.60. The number of piperidine rings is 1. The summed E-state index contributed by atoms with van der Waals surface area (Å²) in [6.45, 7) is 1.94. The normalized spacial score (nSPS) is 43.4. The van der Waals surface area contributed by atoms with E-state index in [1.54, 1.807) is 0 Å². The molecule has 3 fully saturated rings. The Morgan fingerprint density at radius 1 is 1.27 bits per heavy atom. The molecule has 3 aliphatic rings. The van der Waals surface area contributed by atoms with Crippen LogP contribution in [0, 0.1) is 5.92 Å². The molecule has 2 N–H and O–H groups in total. The van der Waals surface area contributed by atoms with E-state index in [0.717, 1.165) is 32.4 Å². The van der Waals surface area contributed by atoms with Crippen molar-refractivity contribution in [2.45, 2.75) is 56.3 Å². The number of fused-ring (bicyclic) bond motifs is 2. The van der Waals surface area contributed by atoms with Crippen molar-refractivity contribution in [1.82, 2.24) is 5.32 Å². The maximum absolute atomic E-state index is 10.5. The molecule has 3 rings (SSSR count). The van der Waals surface area contributed by atoms with Crippen molar-refractivity contribution in [2.75, 3.05) is 13.1 Å². The van der Waals surface area contributed by atoms with Gasteiger partial charge in [0.1, 0.15) is 0 Å². The van der Waals surface area contributed by atoms with E-state index >= 15 is 0 Å². The Labute approximate surface area is 91.2 Å². The molecule has 3 atom stereocenters. The lowest BCUT2D eigenvalue weighted by Gasteiger charge is -2.36. The van der Waals surface area contributed by atoms with E-state index in [1.807, 2.05) is 0 Å². The monoisotopic (exact) mass is 211 g/mol. The van der Waals surface area contributed by atoms with Crippen LogP contribution in [-0.4, -0.2) is 36.0 Å². The van der Waals surface area contributed by atoms with Crippen molar-refractivity contribution in [3.05, 3.63) is 0 Å². The van der Waals surface area contributed by atoms with Gasteiger partial charge in [0.15, 0.2) is 0 Å². The average molecular weight is 211 g/mol. The molecule has 0 aromatic rings. The van der Waals surface area contributed by atoms with Gasteiger partial charge in [0.05, 0.1) is 17.8 Å². The molecule has 3 nitrogen and oxygen atoms in total. The highest BCUT2D eigenvalue weighted by atomic mass is 16.5. The Morgan fingerprint density at radius 3 is 2.67 bits per heavy atom. The van der Waals surface area contributed by atoms with E-state index in [-0.39, 0.29) is 0 Å². The van der Waals surface area contributed by atoms with Crippen LogP contribution in [0.25, 0.3) is 0 Å². The summed E-state index contributed by atoms with van der Waals surface area (Å²) in [6.07, 6.45) is 7.46. The molecule has 0 aliphatic carbocycles. The van der Waals surface area contributed by atoms with Crippen molar-refractivity contribution in [3.63, 3.8) is 0 Å². The molecular weight excluding hydrogens is 190 g/mol. The van der Waals surface area contributed by atoms with Crippen LogP contribution < -0.4 is 5.32 Å². The van der Waals surface area contributed by atoms with Gasteiger partial charge in [0.2, 0.25) is 0 Å². The van der Waals surface area contributed by atoms with Crippen LogP contribution in [0.5, 0.6) is 0 Å². The molecule has 3 heterocycles. The fourth-order valence-corrected chi connectivity index (χ4v) is 3.54. The van der Waals surface area contributed by atoms with Crippen LogP contribution >= 0.6 is 0 Å². The fraction of sp³-hybridized carbons (Fsp3) is 1.00. The number of hydrogen-bond acceptors (Lipinski definition) is 3. The Hall–Kier alpha value is -0.120. The topological polar surface area (TPSA) is 41.5 Å². The first-order valence-corrected chi connectivity index (χ1v) is 6.34. The first kappa shape index (κ1) is 10.1. The molecule has 3 aliphatic heterocycles. The van der Waals surface area contributed by atoms with Crippen LogP contribution in [0.3, 0.4) is 0 Å². The van der Waals surface area contributed by atoms with Crippen molar-refractivity contribution in [2.24, 2.45) is 5.92 Å². The first-order valence-electron chi connectivity index (χ1n) is 6.34. The van der Waals surface area contributed by atoms with E-state index in [9.17, 15) is 5.11 Å². The highest BCUT2D eigenvalue weighted by Crippen LogP contribution is 2.43. The van der Waals surface area contributed by atoms with Crippen LogP contribution in [-0.2, 0) is 4.74 Å². The predicted molar refractivity (Wildman–Crippen MR) is 57.7 cm³/mol. The van der Waals surface area contributed by atoms with Gasteiger partial charge in [-0.1, -0.05) is 0 Å². The van der Waals surface area contributed by atoms with Gasteiger partial charge in [-0.25, -0.2) is 0 Å². The summed E-state index contributed by atoms with van der Waals surface area (Å²) in [5, 5.41) is 13.8. The number of nitrogens with one attached hydrogen (secondary N) is 1. The largest absolute Gasteiger partial charge is 0.390 e. The van der Waals surface area contributed by atoms with Crippen LogP contribution in [0.15, 0.2) is 0 Å². The molecule has 3 heteroatoms. The zero-order chi connectivity index (χ0) is 10.3. The van der Waals surface area contributed by atoms with Gasteiger partial charge in [-0.3, -0.25) is 0 Å². The van der Waals surface area contributed by atoms with Crippen molar-refractivity contribution in [1.29, 1.82) is 0 Å². The highest BCUT2D eigenvalue weighted by molar-refractivity contribution is 4.95. The number of rotatable bonds is 2. The highest BCUT2D eigenvalue weighted by Gasteiger charge is 2.44.